The summed E-state index contributed by atoms with van der Waals surface area (Å²) in [5.74, 6) is 14.8. The van der Waals surface area contributed by atoms with E-state index in [1.807, 2.05) is 5.57 Å². The first-order valence-electron chi connectivity index (χ1n) is 35.2. The summed E-state index contributed by atoms with van der Waals surface area (Å²) in [5.41, 5.74) is 4.33. The summed E-state index contributed by atoms with van der Waals surface area (Å²) in [7, 11) is 0. The van der Waals surface area contributed by atoms with Crippen molar-refractivity contribution >= 4 is 0 Å². The number of hydrogen-bond donors (Lipinski definition) is 0. The number of fused-ring (bicyclic) bond motifs is 5. The van der Waals surface area contributed by atoms with Crippen molar-refractivity contribution in [3.63, 3.8) is 0 Å². The average molecular weight is 1070 g/mol. The molecule has 0 aliphatic heterocycles. The lowest BCUT2D eigenvalue weighted by atomic mass is 9.46. The Labute approximate surface area is 486 Å². The van der Waals surface area contributed by atoms with Gasteiger partial charge >= 0.3 is 0 Å². The van der Waals surface area contributed by atoms with Crippen LogP contribution in [0, 0.1) is 116 Å². The Bertz CT molecular complexity index is 1350. The van der Waals surface area contributed by atoms with Gasteiger partial charge in [-0.05, 0) is 187 Å². The van der Waals surface area contributed by atoms with E-state index >= 15 is 0 Å². The molecular weight excluding hydrogens is 913 g/mol. The van der Waals surface area contributed by atoms with Gasteiger partial charge in [0.15, 0.2) is 0 Å². The molecule has 0 aromatic carbocycles. The third-order valence-corrected chi connectivity index (χ3v) is 23.2. The fourth-order valence-electron chi connectivity index (χ4n) is 16.8. The predicted octanol–water partition coefficient (Wildman–Crippen LogP) is 27.0. The first kappa shape index (κ1) is 77.8. The van der Waals surface area contributed by atoms with Crippen LogP contribution in [-0.4, -0.2) is 0 Å². The molecule has 4 rings (SSSR count). The minimum absolute atomic E-state index is 0.538. The van der Waals surface area contributed by atoms with Crippen molar-refractivity contribution in [2.75, 3.05) is 0 Å². The lowest BCUT2D eigenvalue weighted by molar-refractivity contribution is -0.0538. The fraction of sp³-hybridized carbons (Fsp3) is 0.974. The van der Waals surface area contributed by atoms with Crippen LogP contribution in [0.15, 0.2) is 11.6 Å². The zero-order chi connectivity index (χ0) is 59.2. The smallest absolute Gasteiger partial charge is 0.00851 e. The largest absolute Gasteiger partial charge is 0.0845 e. The normalized spacial score (nSPS) is 25.1. The van der Waals surface area contributed by atoms with Crippen LogP contribution in [0.2, 0.25) is 0 Å². The number of rotatable bonds is 25. The number of hydrogen-bond acceptors (Lipinski definition) is 0. The zero-order valence-corrected chi connectivity index (χ0v) is 59.0. The van der Waals surface area contributed by atoms with Crippen LogP contribution >= 0.6 is 0 Å². The molecule has 0 amide bonds. The van der Waals surface area contributed by atoms with Crippen LogP contribution in [0.1, 0.15) is 361 Å². The zero-order valence-electron chi connectivity index (χ0n) is 59.0. The predicted molar refractivity (Wildman–Crippen MR) is 354 cm³/mol. The molecule has 0 aromatic rings. The summed E-state index contributed by atoms with van der Waals surface area (Å²) >= 11 is 0. The molecule has 3 saturated carbocycles. The highest BCUT2D eigenvalue weighted by atomic mass is 14.6. The van der Waals surface area contributed by atoms with Crippen molar-refractivity contribution in [1.82, 2.24) is 0 Å². The van der Waals surface area contributed by atoms with E-state index in [1.54, 1.807) is 0 Å². The van der Waals surface area contributed by atoms with Crippen molar-refractivity contribution in [1.29, 1.82) is 0 Å². The molecule has 0 N–H and O–H groups in total. The molecule has 0 nitrogen and oxygen atoms in total. The molecule has 0 bridgehead atoms. The highest BCUT2D eigenvalue weighted by molar-refractivity contribution is 5.25. The maximum atomic E-state index is 2.78. The first-order valence-corrected chi connectivity index (χ1v) is 35.2. The SMILES string of the molecule is CC(C)CCCC(C)C1CCC2C3CC=C4C[C@@H](C(C)C)CC[C@]4(C)C3CC[C@]12C.CCC(C)CC(C)C.CCC(CC)(CC)C(C)C.CCC(CC)(CC)CC(C)C.CCC(CC)C(C)C.CCC(CC)CC(C)C. The van der Waals surface area contributed by atoms with Crippen molar-refractivity contribution in [2.24, 2.45) is 116 Å². The fourth-order valence-corrected chi connectivity index (χ4v) is 16.8. The summed E-state index contributed by atoms with van der Waals surface area (Å²) in [6.45, 7) is 68.5. The van der Waals surface area contributed by atoms with Crippen molar-refractivity contribution in [2.45, 2.75) is 361 Å². The Morgan fingerprint density at radius 1 is 0.526 bits per heavy atom. The Morgan fingerprint density at radius 2 is 1.05 bits per heavy atom. The van der Waals surface area contributed by atoms with Gasteiger partial charge in [0.05, 0.1) is 0 Å². The van der Waals surface area contributed by atoms with Gasteiger partial charge in [-0.2, -0.15) is 0 Å². The van der Waals surface area contributed by atoms with E-state index in [1.165, 1.54) is 161 Å². The number of allylic oxidation sites excluding steroid dienone is 2. The third-order valence-electron chi connectivity index (χ3n) is 23.2. The van der Waals surface area contributed by atoms with Crippen LogP contribution in [0.3, 0.4) is 0 Å². The lowest BCUT2D eigenvalue weighted by Crippen LogP contribution is -2.50. The van der Waals surface area contributed by atoms with Gasteiger partial charge in [0.2, 0.25) is 0 Å². The van der Waals surface area contributed by atoms with Gasteiger partial charge in [0.25, 0.3) is 0 Å². The van der Waals surface area contributed by atoms with Gasteiger partial charge in [0, 0.05) is 0 Å². The van der Waals surface area contributed by atoms with Gasteiger partial charge in [0.1, 0.15) is 0 Å². The molecular formula is C76H154. The maximum absolute atomic E-state index is 2.78. The monoisotopic (exact) mass is 1070 g/mol. The quantitative estimate of drug-likeness (QED) is 0.0800. The molecule has 4 aliphatic carbocycles. The van der Waals surface area contributed by atoms with Gasteiger partial charge < -0.3 is 0 Å². The standard InChI is InChI=1S/C30H52.C11H24.C10H22.C9H20.2C8H18/c1-20(2)9-8-10-22(5)26-13-14-27-25-12-11-24-19-23(21(3)4)15-17-29(24,6)28(25)16-18-30(26,27)7;1-6-11(7-2,8-3)9-10(4)5;1-6-10(7-2,8-3)9(4)5;1-5-9(6-2)7-8(3)4;1-5-8(4)6-7(2)3;1-5-8(6-2)7(3)4/h11,20-23,25-28H,8-10,12-19H2,1-7H3;10H,6-9H2,1-5H3;9H,6-8H2,1-5H3;8-9H,5-7H2,1-4H3;2*7-8H,5-6H2,1-4H3/t22?,23-,25?,26?,27?,28?,29-,30+;;;;;/m0...../s1. The minimum atomic E-state index is 0.538. The maximum Gasteiger partial charge on any atom is -0.00851 e. The van der Waals surface area contributed by atoms with E-state index < -0.39 is 0 Å². The van der Waals surface area contributed by atoms with Gasteiger partial charge in [-0.1, -0.05) is 302 Å². The van der Waals surface area contributed by atoms with Crippen molar-refractivity contribution in [3.05, 3.63) is 11.6 Å². The van der Waals surface area contributed by atoms with E-state index in [0.717, 1.165) is 94.7 Å². The van der Waals surface area contributed by atoms with Crippen molar-refractivity contribution in [3.8, 4) is 0 Å². The molecule has 0 heteroatoms. The van der Waals surface area contributed by atoms with Crippen LogP contribution < -0.4 is 0 Å². The van der Waals surface area contributed by atoms with E-state index in [9.17, 15) is 0 Å². The highest BCUT2D eigenvalue weighted by Gasteiger charge is 2.59. The van der Waals surface area contributed by atoms with E-state index in [-0.39, 0.29) is 0 Å². The molecule has 4 aliphatic rings. The Balaban J connectivity index is 0. The molecule has 0 heterocycles. The molecule has 9 atom stereocenters. The molecule has 0 saturated heterocycles. The molecule has 458 valence electrons. The summed E-state index contributed by atoms with van der Waals surface area (Å²) < 4.78 is 0. The van der Waals surface area contributed by atoms with Crippen LogP contribution in [0.4, 0.5) is 0 Å². The summed E-state index contributed by atoms with van der Waals surface area (Å²) in [6.07, 6.45) is 37.9. The Kier molecular flexibility index (Phi) is 41.0. The van der Waals surface area contributed by atoms with Crippen LogP contribution in [0.5, 0.6) is 0 Å². The molecule has 3 fully saturated rings. The third kappa shape index (κ3) is 25.9. The Hall–Kier alpha value is -0.260. The summed E-state index contributed by atoms with van der Waals surface area (Å²) in [5, 5.41) is 0. The molecule has 0 radical (unpaired) electrons. The topological polar surface area (TPSA) is 0 Å². The second-order valence-corrected chi connectivity index (χ2v) is 30.5. The van der Waals surface area contributed by atoms with Gasteiger partial charge in [-0.25, -0.2) is 0 Å². The van der Waals surface area contributed by atoms with E-state index in [0.29, 0.717) is 21.7 Å². The molecule has 76 heavy (non-hydrogen) atoms. The second-order valence-electron chi connectivity index (χ2n) is 30.5. The van der Waals surface area contributed by atoms with E-state index in [2.05, 4.69) is 207 Å². The van der Waals surface area contributed by atoms with Gasteiger partial charge in [-0.3, -0.25) is 0 Å². The summed E-state index contributed by atoms with van der Waals surface area (Å²) in [6, 6.07) is 0. The van der Waals surface area contributed by atoms with Crippen molar-refractivity contribution < 1.29 is 0 Å². The molecule has 6 unspecified atom stereocenters. The molecule has 0 spiro atoms. The second kappa shape index (κ2) is 40.0. The van der Waals surface area contributed by atoms with Crippen LogP contribution in [0.25, 0.3) is 0 Å². The first-order chi connectivity index (χ1) is 35.5. The summed E-state index contributed by atoms with van der Waals surface area (Å²) in [4.78, 5) is 0. The highest BCUT2D eigenvalue weighted by Crippen LogP contribution is 2.68. The minimum Gasteiger partial charge on any atom is -0.0845 e. The lowest BCUT2D eigenvalue weighted by Gasteiger charge is -2.59. The molecule has 0 aromatic heterocycles. The van der Waals surface area contributed by atoms with Gasteiger partial charge in [-0.15, -0.1) is 0 Å². The Morgan fingerprint density at radius 3 is 1.37 bits per heavy atom. The van der Waals surface area contributed by atoms with E-state index in [4.69, 9.17) is 0 Å². The van der Waals surface area contributed by atoms with Crippen LogP contribution in [-0.2, 0) is 0 Å². The average Bonchev–Trinajstić information content (AvgIpc) is 3.73.